The predicted octanol–water partition coefficient (Wildman–Crippen LogP) is 2.20. The van der Waals surface area contributed by atoms with Gasteiger partial charge in [-0.3, -0.25) is 18.8 Å². The molecule has 1 aromatic carbocycles. The lowest BCUT2D eigenvalue weighted by Crippen LogP contribution is -2.27. The van der Waals surface area contributed by atoms with Crippen LogP contribution >= 0.6 is 0 Å². The Hall–Kier alpha value is -3.94. The molecule has 0 amide bonds. The minimum Gasteiger partial charge on any atom is -0.493 e. The molecule has 4 aromatic rings. The summed E-state index contributed by atoms with van der Waals surface area (Å²) in [5, 5.41) is 10.8. The number of hydrogen-bond acceptors (Lipinski definition) is 7. The SMILES string of the molecule is COC(=O)C[C@H](c1coc2ccccc2c1=O)c1c(O)nc2ccccn2c1=O. The summed E-state index contributed by atoms with van der Waals surface area (Å²) in [5.74, 6) is -2.30. The lowest BCUT2D eigenvalue weighted by atomic mass is 9.90. The summed E-state index contributed by atoms with van der Waals surface area (Å²) in [6.45, 7) is 0. The van der Waals surface area contributed by atoms with Gasteiger partial charge in [-0.2, -0.15) is 4.98 Å². The van der Waals surface area contributed by atoms with Crippen molar-refractivity contribution in [2.45, 2.75) is 12.3 Å². The number of para-hydroxylation sites is 1. The lowest BCUT2D eigenvalue weighted by molar-refractivity contribution is -0.140. The first-order valence-electron chi connectivity index (χ1n) is 8.78. The van der Waals surface area contributed by atoms with Crippen molar-refractivity contribution in [1.29, 1.82) is 0 Å². The first-order valence-corrected chi connectivity index (χ1v) is 8.78. The number of hydrogen-bond donors (Lipinski definition) is 1. The van der Waals surface area contributed by atoms with Crippen LogP contribution in [0.1, 0.15) is 23.5 Å². The Morgan fingerprint density at radius 1 is 1.21 bits per heavy atom. The Morgan fingerprint density at radius 2 is 1.97 bits per heavy atom. The fraction of sp³-hybridized carbons (Fsp3) is 0.143. The standard InChI is InChI=1S/C21H16N2O6/c1-28-17(24)10-13(14-11-29-15-7-3-2-6-12(15)19(14)25)18-20(26)22-16-8-4-5-9-23(16)21(18)27/h2-9,11,13,26H,10H2,1H3/t13-/m1/s1. The number of rotatable bonds is 4. The van der Waals surface area contributed by atoms with Gasteiger partial charge in [0, 0.05) is 17.7 Å². The monoisotopic (exact) mass is 392 g/mol. The van der Waals surface area contributed by atoms with Gasteiger partial charge in [0.1, 0.15) is 11.2 Å². The van der Waals surface area contributed by atoms with Gasteiger partial charge in [0.05, 0.1) is 30.7 Å². The first-order chi connectivity index (χ1) is 14.0. The van der Waals surface area contributed by atoms with E-state index in [0.717, 1.165) is 0 Å². The minimum atomic E-state index is -1.10. The third-order valence-electron chi connectivity index (χ3n) is 4.78. The third kappa shape index (κ3) is 3.14. The normalized spacial score (nSPS) is 12.2. The summed E-state index contributed by atoms with van der Waals surface area (Å²) < 4.78 is 11.5. The molecule has 0 aliphatic carbocycles. The average Bonchev–Trinajstić information content (AvgIpc) is 2.73. The summed E-state index contributed by atoms with van der Waals surface area (Å²) in [6.07, 6.45) is 2.35. The topological polar surface area (TPSA) is 111 Å². The second-order valence-electron chi connectivity index (χ2n) is 6.43. The number of benzene rings is 1. The summed E-state index contributed by atoms with van der Waals surface area (Å²) >= 11 is 0. The number of esters is 1. The minimum absolute atomic E-state index is 0.0548. The zero-order valence-corrected chi connectivity index (χ0v) is 15.4. The van der Waals surface area contributed by atoms with E-state index in [0.29, 0.717) is 11.0 Å². The Kier molecular flexibility index (Phi) is 4.59. The number of carbonyl (C=O) groups excluding carboxylic acids is 1. The first kappa shape index (κ1) is 18.4. The van der Waals surface area contributed by atoms with Gasteiger partial charge < -0.3 is 14.3 Å². The van der Waals surface area contributed by atoms with Gasteiger partial charge in [0.25, 0.3) is 5.56 Å². The van der Waals surface area contributed by atoms with Crippen molar-refractivity contribution >= 4 is 22.6 Å². The molecule has 0 bridgehead atoms. The fourth-order valence-electron chi connectivity index (χ4n) is 3.35. The van der Waals surface area contributed by atoms with Gasteiger partial charge in [0.2, 0.25) is 5.88 Å². The quantitative estimate of drug-likeness (QED) is 0.530. The molecule has 0 fully saturated rings. The number of aromatic nitrogens is 2. The molecule has 8 heteroatoms. The molecule has 0 aliphatic rings. The van der Waals surface area contributed by atoms with Crippen molar-refractivity contribution < 1.29 is 19.1 Å². The highest BCUT2D eigenvalue weighted by molar-refractivity contribution is 5.77. The maximum Gasteiger partial charge on any atom is 0.306 e. The zero-order valence-electron chi connectivity index (χ0n) is 15.4. The average molecular weight is 392 g/mol. The fourth-order valence-corrected chi connectivity index (χ4v) is 3.35. The van der Waals surface area contributed by atoms with Crippen molar-refractivity contribution in [3.63, 3.8) is 0 Å². The molecule has 146 valence electrons. The third-order valence-corrected chi connectivity index (χ3v) is 4.78. The second kappa shape index (κ2) is 7.23. The predicted molar refractivity (Wildman–Crippen MR) is 104 cm³/mol. The molecule has 0 spiro atoms. The molecular formula is C21H16N2O6. The Bertz CT molecular complexity index is 1350. The van der Waals surface area contributed by atoms with E-state index in [9.17, 15) is 19.5 Å². The van der Waals surface area contributed by atoms with Crippen LogP contribution in [0.25, 0.3) is 16.6 Å². The van der Waals surface area contributed by atoms with E-state index in [1.165, 1.54) is 24.0 Å². The van der Waals surface area contributed by atoms with Gasteiger partial charge in [-0.25, -0.2) is 0 Å². The molecule has 0 aliphatic heterocycles. The molecule has 0 radical (unpaired) electrons. The maximum atomic E-state index is 13.1. The largest absolute Gasteiger partial charge is 0.493 e. The Labute approximate surface area is 163 Å². The van der Waals surface area contributed by atoms with Crippen LogP contribution < -0.4 is 11.0 Å². The molecule has 29 heavy (non-hydrogen) atoms. The molecule has 0 saturated carbocycles. The number of carbonyl (C=O) groups is 1. The van der Waals surface area contributed by atoms with Crippen molar-refractivity contribution in [3.05, 3.63) is 86.6 Å². The molecule has 1 atom stereocenters. The number of pyridine rings is 1. The van der Waals surface area contributed by atoms with E-state index in [2.05, 4.69) is 4.98 Å². The van der Waals surface area contributed by atoms with Crippen LogP contribution in [-0.2, 0) is 9.53 Å². The number of methoxy groups -OCH3 is 1. The molecule has 0 saturated heterocycles. The molecule has 4 rings (SSSR count). The Balaban J connectivity index is 2.01. The van der Waals surface area contributed by atoms with Gasteiger partial charge in [-0.1, -0.05) is 18.2 Å². The van der Waals surface area contributed by atoms with E-state index in [4.69, 9.17) is 9.15 Å². The van der Waals surface area contributed by atoms with Gasteiger partial charge >= 0.3 is 5.97 Å². The highest BCUT2D eigenvalue weighted by Gasteiger charge is 2.29. The van der Waals surface area contributed by atoms with E-state index in [-0.39, 0.29) is 23.2 Å². The summed E-state index contributed by atoms with van der Waals surface area (Å²) in [7, 11) is 1.20. The van der Waals surface area contributed by atoms with E-state index in [1.807, 2.05) is 0 Å². The van der Waals surface area contributed by atoms with E-state index < -0.39 is 28.8 Å². The number of fused-ring (bicyclic) bond motifs is 2. The van der Waals surface area contributed by atoms with Crippen LogP contribution in [0.4, 0.5) is 0 Å². The van der Waals surface area contributed by atoms with Crippen LogP contribution in [0.5, 0.6) is 5.88 Å². The van der Waals surface area contributed by atoms with Crippen LogP contribution in [-0.4, -0.2) is 27.6 Å². The van der Waals surface area contributed by atoms with Crippen molar-refractivity contribution in [2.24, 2.45) is 0 Å². The van der Waals surface area contributed by atoms with Crippen LogP contribution in [0.15, 0.2) is 68.9 Å². The number of nitrogens with zero attached hydrogens (tertiary/aromatic N) is 2. The van der Waals surface area contributed by atoms with E-state index in [1.54, 1.807) is 42.5 Å². The smallest absolute Gasteiger partial charge is 0.306 e. The maximum absolute atomic E-state index is 13.1. The van der Waals surface area contributed by atoms with Gasteiger partial charge in [-0.05, 0) is 24.3 Å². The number of aromatic hydroxyl groups is 1. The van der Waals surface area contributed by atoms with Gasteiger partial charge in [0.15, 0.2) is 5.43 Å². The van der Waals surface area contributed by atoms with Crippen molar-refractivity contribution in [3.8, 4) is 5.88 Å². The summed E-state index contributed by atoms with van der Waals surface area (Å²) in [4.78, 5) is 42.3. The van der Waals surface area contributed by atoms with Crippen LogP contribution in [0.3, 0.4) is 0 Å². The molecule has 8 nitrogen and oxygen atoms in total. The summed E-state index contributed by atoms with van der Waals surface area (Å²) in [5.41, 5.74) is -0.509. The molecule has 3 heterocycles. The lowest BCUT2D eigenvalue weighted by Gasteiger charge is -2.17. The van der Waals surface area contributed by atoms with E-state index >= 15 is 0 Å². The van der Waals surface area contributed by atoms with Crippen LogP contribution in [0.2, 0.25) is 0 Å². The molecule has 0 unspecified atom stereocenters. The molecule has 1 N–H and O–H groups in total. The Morgan fingerprint density at radius 3 is 2.76 bits per heavy atom. The van der Waals surface area contributed by atoms with Crippen molar-refractivity contribution in [1.82, 2.24) is 9.38 Å². The number of ether oxygens (including phenoxy) is 1. The highest BCUT2D eigenvalue weighted by Crippen LogP contribution is 2.30. The molecular weight excluding hydrogens is 376 g/mol. The van der Waals surface area contributed by atoms with Gasteiger partial charge in [-0.15, -0.1) is 0 Å². The molecule has 3 aromatic heterocycles. The summed E-state index contributed by atoms with van der Waals surface area (Å²) in [6, 6.07) is 11.5. The second-order valence-corrected chi connectivity index (χ2v) is 6.43. The van der Waals surface area contributed by atoms with Crippen molar-refractivity contribution in [2.75, 3.05) is 7.11 Å². The zero-order chi connectivity index (χ0) is 20.5. The van der Waals surface area contributed by atoms with Crippen LogP contribution in [0, 0.1) is 0 Å². The highest BCUT2D eigenvalue weighted by atomic mass is 16.5.